The number of nitrogens with zero attached hydrogens (tertiary/aromatic N) is 1. The Hall–Kier alpha value is -1.43. The molecule has 1 heterocycles. The maximum absolute atomic E-state index is 12.5. The Bertz CT molecular complexity index is 398. The zero-order valence-electron chi connectivity index (χ0n) is 7.38. The van der Waals surface area contributed by atoms with Gasteiger partial charge < -0.3 is 10.8 Å². The second-order valence-electron chi connectivity index (χ2n) is 2.77. The van der Waals surface area contributed by atoms with E-state index in [-0.39, 0.29) is 16.4 Å². The van der Waals surface area contributed by atoms with E-state index in [0.717, 1.165) is 6.07 Å². The number of halogens is 3. The number of pyridine rings is 1. The van der Waals surface area contributed by atoms with Gasteiger partial charge in [-0.15, -0.1) is 0 Å². The quantitative estimate of drug-likeness (QED) is 0.786. The summed E-state index contributed by atoms with van der Waals surface area (Å²) in [6.07, 6.45) is -3.50. The minimum atomic E-state index is -2.90. The Morgan fingerprint density at radius 3 is 2.73 bits per heavy atom. The van der Waals surface area contributed by atoms with E-state index >= 15 is 0 Å². The fourth-order valence-corrected chi connectivity index (χ4v) is 1.31. The number of rotatable bonds is 3. The fourth-order valence-electron chi connectivity index (χ4n) is 1.10. The normalized spacial score (nSPS) is 10.7. The van der Waals surface area contributed by atoms with Gasteiger partial charge >= 0.3 is 5.97 Å². The van der Waals surface area contributed by atoms with E-state index < -0.39 is 24.5 Å². The van der Waals surface area contributed by atoms with Crippen LogP contribution < -0.4 is 5.73 Å². The topological polar surface area (TPSA) is 76.2 Å². The average molecular weight is 237 g/mol. The van der Waals surface area contributed by atoms with Crippen molar-refractivity contribution in [1.82, 2.24) is 4.98 Å². The van der Waals surface area contributed by atoms with Crippen molar-refractivity contribution in [3.8, 4) is 0 Å². The predicted octanol–water partition coefficient (Wildman–Crippen LogP) is 1.88. The molecule has 4 nitrogen and oxygen atoms in total. The van der Waals surface area contributed by atoms with Crippen LogP contribution in [-0.4, -0.2) is 16.1 Å². The smallest absolute Gasteiger partial charge is 0.307 e. The Labute approximate surface area is 88.7 Å². The van der Waals surface area contributed by atoms with Gasteiger partial charge in [0.25, 0.3) is 6.43 Å². The summed E-state index contributed by atoms with van der Waals surface area (Å²) >= 11 is 5.43. The van der Waals surface area contributed by atoms with Gasteiger partial charge in [-0.1, -0.05) is 11.6 Å². The molecule has 1 rings (SSSR count). The Kier molecular flexibility index (Phi) is 3.41. The van der Waals surface area contributed by atoms with Crippen molar-refractivity contribution < 1.29 is 18.7 Å². The van der Waals surface area contributed by atoms with Crippen molar-refractivity contribution in [2.75, 3.05) is 5.73 Å². The van der Waals surface area contributed by atoms with Crippen LogP contribution in [0.25, 0.3) is 0 Å². The number of aromatic nitrogens is 1. The van der Waals surface area contributed by atoms with Crippen LogP contribution in [0.1, 0.15) is 17.7 Å². The molecule has 7 heteroatoms. The molecule has 0 aliphatic heterocycles. The lowest BCUT2D eigenvalue weighted by molar-refractivity contribution is -0.136. The maximum Gasteiger partial charge on any atom is 0.307 e. The Balaban J connectivity index is 3.26. The third-order valence-electron chi connectivity index (χ3n) is 1.69. The molecule has 15 heavy (non-hydrogen) atoms. The number of alkyl halides is 2. The molecule has 0 aromatic carbocycles. The van der Waals surface area contributed by atoms with E-state index in [0.29, 0.717) is 0 Å². The van der Waals surface area contributed by atoms with E-state index in [1.165, 1.54) is 0 Å². The van der Waals surface area contributed by atoms with Crippen molar-refractivity contribution >= 4 is 23.3 Å². The first-order valence-electron chi connectivity index (χ1n) is 3.86. The first-order chi connectivity index (χ1) is 6.91. The highest BCUT2D eigenvalue weighted by Crippen LogP contribution is 2.27. The van der Waals surface area contributed by atoms with Gasteiger partial charge in [-0.2, -0.15) is 0 Å². The highest BCUT2D eigenvalue weighted by Gasteiger charge is 2.20. The molecule has 0 aliphatic rings. The van der Waals surface area contributed by atoms with Crippen molar-refractivity contribution in [2.45, 2.75) is 12.8 Å². The molecule has 0 aliphatic carbocycles. The largest absolute Gasteiger partial charge is 0.481 e. The summed E-state index contributed by atoms with van der Waals surface area (Å²) in [5.74, 6) is -1.26. The van der Waals surface area contributed by atoms with Gasteiger partial charge in [-0.25, -0.2) is 13.8 Å². The van der Waals surface area contributed by atoms with Gasteiger partial charge in [-0.3, -0.25) is 4.79 Å². The molecule has 0 fully saturated rings. The van der Waals surface area contributed by atoms with Gasteiger partial charge in [-0.05, 0) is 6.07 Å². The first-order valence-corrected chi connectivity index (χ1v) is 4.24. The SMILES string of the molecule is Nc1cc(Cl)nc(C(F)F)c1CC(=O)O. The van der Waals surface area contributed by atoms with Crippen molar-refractivity contribution in [1.29, 1.82) is 0 Å². The number of anilines is 1. The van der Waals surface area contributed by atoms with Crippen LogP contribution in [-0.2, 0) is 11.2 Å². The molecule has 0 radical (unpaired) electrons. The van der Waals surface area contributed by atoms with E-state index in [9.17, 15) is 13.6 Å². The molecule has 82 valence electrons. The predicted molar refractivity (Wildman–Crippen MR) is 50.0 cm³/mol. The zero-order chi connectivity index (χ0) is 11.6. The lowest BCUT2D eigenvalue weighted by Crippen LogP contribution is -2.09. The van der Waals surface area contributed by atoms with Crippen LogP contribution in [0.4, 0.5) is 14.5 Å². The summed E-state index contributed by atoms with van der Waals surface area (Å²) in [5.41, 5.74) is 4.43. The van der Waals surface area contributed by atoms with E-state index in [2.05, 4.69) is 4.98 Å². The van der Waals surface area contributed by atoms with Gasteiger partial charge in [0.1, 0.15) is 10.8 Å². The standard InChI is InChI=1S/C8H7ClF2N2O2/c9-5-2-4(12)3(1-6(14)15)7(13-5)8(10)11/h2,8H,1H2,(H2,12,13)(H,14,15). The monoisotopic (exact) mass is 236 g/mol. The summed E-state index contributed by atoms with van der Waals surface area (Å²) in [7, 11) is 0. The molecular formula is C8H7ClF2N2O2. The van der Waals surface area contributed by atoms with Gasteiger partial charge in [0.15, 0.2) is 0 Å². The summed E-state index contributed by atoms with van der Waals surface area (Å²) in [6, 6.07) is 1.14. The Morgan fingerprint density at radius 1 is 1.67 bits per heavy atom. The fraction of sp³-hybridized carbons (Fsp3) is 0.250. The van der Waals surface area contributed by atoms with Crippen LogP contribution in [0.5, 0.6) is 0 Å². The molecule has 1 aromatic heterocycles. The van der Waals surface area contributed by atoms with E-state index in [1.54, 1.807) is 0 Å². The minimum absolute atomic E-state index is 0.0901. The molecule has 0 saturated carbocycles. The average Bonchev–Trinajstić information content (AvgIpc) is 2.08. The zero-order valence-corrected chi connectivity index (χ0v) is 8.13. The van der Waals surface area contributed by atoms with Crippen molar-refractivity contribution in [3.63, 3.8) is 0 Å². The van der Waals surface area contributed by atoms with Crippen LogP contribution in [0.15, 0.2) is 6.07 Å². The number of hydrogen-bond donors (Lipinski definition) is 2. The van der Waals surface area contributed by atoms with Crippen LogP contribution in [0, 0.1) is 0 Å². The molecule has 0 amide bonds. The molecule has 0 saturated heterocycles. The molecule has 1 aromatic rings. The third kappa shape index (κ3) is 2.76. The minimum Gasteiger partial charge on any atom is -0.481 e. The summed E-state index contributed by atoms with van der Waals surface area (Å²) in [6.45, 7) is 0. The summed E-state index contributed by atoms with van der Waals surface area (Å²) < 4.78 is 24.9. The molecule has 0 bridgehead atoms. The molecule has 0 atom stereocenters. The number of nitrogen functional groups attached to an aromatic ring is 1. The highest BCUT2D eigenvalue weighted by atomic mass is 35.5. The number of carboxylic acids is 1. The maximum atomic E-state index is 12.5. The molecule has 0 unspecified atom stereocenters. The lowest BCUT2D eigenvalue weighted by Gasteiger charge is -2.09. The molecular weight excluding hydrogens is 230 g/mol. The first kappa shape index (κ1) is 11.6. The summed E-state index contributed by atoms with van der Waals surface area (Å²) in [5, 5.41) is 8.32. The Morgan fingerprint density at radius 2 is 2.27 bits per heavy atom. The summed E-state index contributed by atoms with van der Waals surface area (Å²) in [4.78, 5) is 13.8. The van der Waals surface area contributed by atoms with Crippen LogP contribution >= 0.6 is 11.6 Å². The molecule has 0 spiro atoms. The van der Waals surface area contributed by atoms with Crippen molar-refractivity contribution in [3.05, 3.63) is 22.5 Å². The van der Waals surface area contributed by atoms with Gasteiger partial charge in [0.05, 0.1) is 6.42 Å². The van der Waals surface area contributed by atoms with Crippen molar-refractivity contribution in [2.24, 2.45) is 0 Å². The number of hydrogen-bond acceptors (Lipinski definition) is 3. The van der Waals surface area contributed by atoms with E-state index in [1.807, 2.05) is 0 Å². The van der Waals surface area contributed by atoms with Crippen LogP contribution in [0.3, 0.4) is 0 Å². The van der Waals surface area contributed by atoms with Crippen LogP contribution in [0.2, 0.25) is 5.15 Å². The highest BCUT2D eigenvalue weighted by molar-refractivity contribution is 6.29. The number of aliphatic carboxylic acids is 1. The number of nitrogens with two attached hydrogens (primary N) is 1. The van der Waals surface area contributed by atoms with Gasteiger partial charge in [0, 0.05) is 11.3 Å². The lowest BCUT2D eigenvalue weighted by atomic mass is 10.1. The second kappa shape index (κ2) is 4.39. The van der Waals surface area contributed by atoms with E-state index in [4.69, 9.17) is 22.4 Å². The third-order valence-corrected chi connectivity index (χ3v) is 1.89. The molecule has 3 N–H and O–H groups in total. The number of carboxylic acid groups (broad SMARTS) is 1. The second-order valence-corrected chi connectivity index (χ2v) is 3.16. The van der Waals surface area contributed by atoms with Gasteiger partial charge in [0.2, 0.25) is 0 Å². The number of carbonyl (C=O) groups is 1.